The molecule has 2 rings (SSSR count). The highest BCUT2D eigenvalue weighted by Gasteiger charge is 2.44. The van der Waals surface area contributed by atoms with Gasteiger partial charge in [0.15, 0.2) is 0 Å². The molecule has 1 aromatic rings. The number of unbranched alkanes of at least 4 members (excludes halogenated alkanes) is 6. The van der Waals surface area contributed by atoms with Gasteiger partial charge < -0.3 is 31.2 Å². The molecule has 0 aromatic heterocycles. The van der Waals surface area contributed by atoms with Crippen molar-refractivity contribution in [1.29, 1.82) is 0 Å². The zero-order valence-corrected chi connectivity index (χ0v) is 27.4. The number of carbonyl (C=O) groups is 4. The molecule has 11 nitrogen and oxygen atoms in total. The van der Waals surface area contributed by atoms with Gasteiger partial charge in [0.25, 0.3) is 0 Å². The van der Waals surface area contributed by atoms with Crippen LogP contribution in [-0.4, -0.2) is 63.5 Å². The van der Waals surface area contributed by atoms with E-state index in [0.717, 1.165) is 48.9 Å². The molecule has 0 saturated carbocycles. The number of nitrogens with zero attached hydrogens (tertiary/aromatic N) is 1. The Balaban J connectivity index is 1.92. The number of β-amino-alcohol motifs (C(OH)–C–C–N with tert-alkyl or cyclic N) is 1. The summed E-state index contributed by atoms with van der Waals surface area (Å²) in [5.41, 5.74) is 4.41. The van der Waals surface area contributed by atoms with E-state index in [9.17, 15) is 24.3 Å². The number of nitrogens with two attached hydrogens (primary N) is 1. The van der Waals surface area contributed by atoms with Gasteiger partial charge in [0.2, 0.25) is 17.7 Å². The first-order valence-corrected chi connectivity index (χ1v) is 15.9. The number of benzene rings is 1. The maximum Gasteiger partial charge on any atom is 0.303 e. The molecule has 1 aliphatic heterocycles. The topological polar surface area (TPSA) is 174 Å². The number of aliphatic hydroxyl groups excluding tert-OH is 1. The predicted octanol–water partition coefficient (Wildman–Crippen LogP) is 3.47. The minimum atomic E-state index is -0.854. The number of hydrogen-bond donors (Lipinski definition) is 7. The number of carbonyl (C=O) groups excluding carboxylic acids is 3. The predicted molar refractivity (Wildman–Crippen MR) is 174 cm³/mol. The van der Waals surface area contributed by atoms with Crippen molar-refractivity contribution in [3.8, 4) is 0 Å². The van der Waals surface area contributed by atoms with Crippen LogP contribution in [0.3, 0.4) is 0 Å². The van der Waals surface area contributed by atoms with Crippen molar-refractivity contribution in [1.82, 2.24) is 21.0 Å². The SMILES string of the molecule is C/C(NN)=C(/S)c1ccc(CNC(=O)C2CC(O)CN2C(=O)[C@@H](NC(=O)CCCCCCCCCC(=O)O)C(C)(C)C)cc1. The highest BCUT2D eigenvalue weighted by molar-refractivity contribution is 7.90. The van der Waals surface area contributed by atoms with Crippen LogP contribution in [0.2, 0.25) is 0 Å². The van der Waals surface area contributed by atoms with Crippen LogP contribution in [0, 0.1) is 5.41 Å². The molecule has 44 heavy (non-hydrogen) atoms. The number of hydrogen-bond acceptors (Lipinski definition) is 8. The second kappa shape index (κ2) is 18.0. The van der Waals surface area contributed by atoms with Crippen LogP contribution in [-0.2, 0) is 25.7 Å². The Bertz CT molecular complexity index is 1150. The Morgan fingerprint density at radius 1 is 1.00 bits per heavy atom. The lowest BCUT2D eigenvalue weighted by Gasteiger charge is -2.35. The van der Waals surface area contributed by atoms with E-state index in [1.54, 1.807) is 0 Å². The number of rotatable bonds is 17. The second-order valence-corrected chi connectivity index (χ2v) is 13.1. The summed E-state index contributed by atoms with van der Waals surface area (Å²) in [6, 6.07) is 5.79. The third-order valence-electron chi connectivity index (χ3n) is 7.84. The van der Waals surface area contributed by atoms with E-state index in [2.05, 4.69) is 28.7 Å². The molecule has 2 unspecified atom stereocenters. The smallest absolute Gasteiger partial charge is 0.303 e. The van der Waals surface area contributed by atoms with E-state index in [1.807, 2.05) is 52.0 Å². The minimum Gasteiger partial charge on any atom is -0.481 e. The van der Waals surface area contributed by atoms with Crippen molar-refractivity contribution in [3.05, 3.63) is 41.1 Å². The Kier molecular flexibility index (Phi) is 15.2. The summed E-state index contributed by atoms with van der Waals surface area (Å²) in [7, 11) is 0. The quantitative estimate of drug-likeness (QED) is 0.0591. The molecule has 1 aromatic carbocycles. The van der Waals surface area contributed by atoms with Gasteiger partial charge in [-0.05, 0) is 36.3 Å². The third-order valence-corrected chi connectivity index (χ3v) is 8.44. The molecule has 1 heterocycles. The lowest BCUT2D eigenvalue weighted by Crippen LogP contribution is -2.57. The Morgan fingerprint density at radius 3 is 2.11 bits per heavy atom. The van der Waals surface area contributed by atoms with E-state index < -0.39 is 29.6 Å². The van der Waals surface area contributed by atoms with Crippen molar-refractivity contribution in [2.75, 3.05) is 6.54 Å². The first-order valence-electron chi connectivity index (χ1n) is 15.5. The summed E-state index contributed by atoms with van der Waals surface area (Å²) >= 11 is 4.48. The van der Waals surface area contributed by atoms with Gasteiger partial charge in [-0.2, -0.15) is 0 Å². The van der Waals surface area contributed by atoms with Gasteiger partial charge in [-0.3, -0.25) is 25.0 Å². The summed E-state index contributed by atoms with van der Waals surface area (Å²) in [4.78, 5) is 52.5. The number of aliphatic hydroxyl groups is 1. The maximum atomic E-state index is 13.7. The Labute approximate surface area is 266 Å². The number of nitrogens with one attached hydrogen (secondary N) is 3. The van der Waals surface area contributed by atoms with Gasteiger partial charge in [0.1, 0.15) is 12.1 Å². The molecular formula is C32H51N5O6S. The fraction of sp³-hybridized carbons (Fsp3) is 0.625. The van der Waals surface area contributed by atoms with E-state index in [1.165, 1.54) is 4.90 Å². The molecule has 0 aliphatic carbocycles. The molecule has 1 fully saturated rings. The van der Waals surface area contributed by atoms with Crippen molar-refractivity contribution in [2.45, 2.75) is 117 Å². The van der Waals surface area contributed by atoms with Crippen molar-refractivity contribution >= 4 is 41.2 Å². The summed E-state index contributed by atoms with van der Waals surface area (Å²) in [5.74, 6) is 3.72. The van der Waals surface area contributed by atoms with Crippen molar-refractivity contribution < 1.29 is 29.4 Å². The summed E-state index contributed by atoms with van der Waals surface area (Å²) in [6.07, 6.45) is 5.86. The van der Waals surface area contributed by atoms with E-state index in [4.69, 9.17) is 10.9 Å². The number of carboxylic acid groups (broad SMARTS) is 1. The zero-order valence-electron chi connectivity index (χ0n) is 26.5. The van der Waals surface area contributed by atoms with Crippen LogP contribution in [0.4, 0.5) is 0 Å². The highest BCUT2D eigenvalue weighted by atomic mass is 32.1. The second-order valence-electron chi connectivity index (χ2n) is 12.7. The van der Waals surface area contributed by atoms with E-state index in [0.29, 0.717) is 17.7 Å². The van der Waals surface area contributed by atoms with Crippen LogP contribution in [0.1, 0.15) is 103 Å². The number of likely N-dealkylation sites (tertiary alicyclic amines) is 1. The maximum absolute atomic E-state index is 13.7. The Hall–Kier alpha value is -3.09. The molecule has 3 amide bonds. The Morgan fingerprint density at radius 2 is 1.57 bits per heavy atom. The standard InChI is InChI=1S/C32H51N5O6S/c1-21(36-33)28(44)23-16-14-22(15-17-23)19-34-30(42)25-18-24(38)20-37(25)31(43)29(32(2,3)4)35-26(39)12-10-8-6-5-7-9-11-13-27(40)41/h14-17,24-25,29,36,38,44H,5-13,18-20,33H2,1-4H3,(H,34,42)(H,35,39)(H,40,41)/b28-21-/t24?,25?,29-/m1/s1. The van der Waals surface area contributed by atoms with Crippen LogP contribution in [0.5, 0.6) is 0 Å². The summed E-state index contributed by atoms with van der Waals surface area (Å²) in [6.45, 7) is 7.67. The number of thiol groups is 1. The number of aliphatic carboxylic acids is 1. The van der Waals surface area contributed by atoms with Crippen LogP contribution < -0.4 is 21.9 Å². The molecule has 12 heteroatoms. The van der Waals surface area contributed by atoms with Crippen molar-refractivity contribution in [3.63, 3.8) is 0 Å². The van der Waals surface area contributed by atoms with Gasteiger partial charge in [-0.1, -0.05) is 77.1 Å². The highest BCUT2D eigenvalue weighted by Crippen LogP contribution is 2.27. The van der Waals surface area contributed by atoms with Crippen LogP contribution in [0.25, 0.3) is 4.91 Å². The van der Waals surface area contributed by atoms with Gasteiger partial charge in [0, 0.05) is 43.0 Å². The van der Waals surface area contributed by atoms with E-state index in [-0.39, 0.29) is 50.1 Å². The third kappa shape index (κ3) is 12.1. The first-order chi connectivity index (χ1) is 20.7. The lowest BCUT2D eigenvalue weighted by molar-refractivity contribution is -0.144. The number of hydrazine groups is 1. The molecule has 1 aliphatic rings. The summed E-state index contributed by atoms with van der Waals surface area (Å²) in [5, 5.41) is 24.9. The van der Waals surface area contributed by atoms with Crippen LogP contribution in [0.15, 0.2) is 30.0 Å². The van der Waals surface area contributed by atoms with Crippen LogP contribution >= 0.6 is 12.6 Å². The largest absolute Gasteiger partial charge is 0.481 e. The average Bonchev–Trinajstić information content (AvgIpc) is 3.37. The van der Waals surface area contributed by atoms with Gasteiger partial charge in [0.05, 0.1) is 6.10 Å². The molecule has 0 spiro atoms. The van der Waals surface area contributed by atoms with Gasteiger partial charge >= 0.3 is 5.97 Å². The molecule has 1 saturated heterocycles. The monoisotopic (exact) mass is 633 g/mol. The minimum absolute atomic E-state index is 0.0200. The first kappa shape index (κ1) is 37.1. The molecule has 0 radical (unpaired) electrons. The molecule has 246 valence electrons. The fourth-order valence-electron chi connectivity index (χ4n) is 5.17. The number of amides is 3. The normalized spacial score (nSPS) is 17.9. The average molecular weight is 634 g/mol. The zero-order chi connectivity index (χ0) is 32.9. The molecule has 7 N–H and O–H groups in total. The van der Waals surface area contributed by atoms with Gasteiger partial charge in [-0.25, -0.2) is 0 Å². The number of allylic oxidation sites excluding steroid dienone is 1. The number of carboxylic acids is 1. The van der Waals surface area contributed by atoms with Crippen molar-refractivity contribution in [2.24, 2.45) is 11.3 Å². The summed E-state index contributed by atoms with van der Waals surface area (Å²) < 4.78 is 0. The molecule has 3 atom stereocenters. The lowest BCUT2D eigenvalue weighted by atomic mass is 9.85. The van der Waals surface area contributed by atoms with Gasteiger partial charge in [-0.15, -0.1) is 12.6 Å². The molecular weight excluding hydrogens is 582 g/mol. The van der Waals surface area contributed by atoms with E-state index >= 15 is 0 Å². The molecule has 0 bridgehead atoms. The fourth-order valence-corrected chi connectivity index (χ4v) is 5.39.